The van der Waals surface area contributed by atoms with Crippen LogP contribution in [0.2, 0.25) is 0 Å². The second-order valence-corrected chi connectivity index (χ2v) is 7.44. The maximum absolute atomic E-state index is 5.54. The van der Waals surface area contributed by atoms with Crippen LogP contribution in [0.5, 0.6) is 5.75 Å². The summed E-state index contributed by atoms with van der Waals surface area (Å²) >= 11 is 5.54. The van der Waals surface area contributed by atoms with E-state index in [9.17, 15) is 0 Å². The Labute approximate surface area is 167 Å². The lowest BCUT2D eigenvalue weighted by Gasteiger charge is -2.35. The van der Waals surface area contributed by atoms with E-state index in [2.05, 4.69) is 46.7 Å². The van der Waals surface area contributed by atoms with E-state index >= 15 is 0 Å². The molecule has 1 aliphatic rings. The molecule has 1 aliphatic heterocycles. The van der Waals surface area contributed by atoms with Crippen LogP contribution in [-0.4, -0.2) is 36.8 Å². The monoisotopic (exact) mass is 383 g/mol. The standard InChI is InChI=1S/C22H29N3OS/c1-17-8-4-5-9-20(17)24-22(27)23-16-21(25-14-6-3-7-15-25)18-10-12-19(26-2)13-11-18/h4-5,8-13,21H,3,6-7,14-16H2,1-2H3,(H2,23,24,27)/t21-/m1/s1. The smallest absolute Gasteiger partial charge is 0.170 e. The Morgan fingerprint density at radius 1 is 1.07 bits per heavy atom. The molecule has 0 amide bonds. The number of para-hydroxylation sites is 1. The molecule has 144 valence electrons. The zero-order chi connectivity index (χ0) is 19.1. The molecule has 27 heavy (non-hydrogen) atoms. The number of hydrogen-bond donors (Lipinski definition) is 2. The van der Waals surface area contributed by atoms with Crippen molar-refractivity contribution in [2.24, 2.45) is 0 Å². The van der Waals surface area contributed by atoms with Gasteiger partial charge in [0.1, 0.15) is 5.75 Å². The van der Waals surface area contributed by atoms with Crippen LogP contribution >= 0.6 is 12.2 Å². The summed E-state index contributed by atoms with van der Waals surface area (Å²) in [4.78, 5) is 2.56. The van der Waals surface area contributed by atoms with Crippen LogP contribution < -0.4 is 15.4 Å². The Balaban J connectivity index is 1.67. The van der Waals surface area contributed by atoms with Gasteiger partial charge in [0, 0.05) is 12.2 Å². The lowest BCUT2D eigenvalue weighted by molar-refractivity contribution is 0.164. The number of rotatable bonds is 6. The van der Waals surface area contributed by atoms with Gasteiger partial charge in [-0.3, -0.25) is 4.90 Å². The summed E-state index contributed by atoms with van der Waals surface area (Å²) in [5.74, 6) is 0.890. The van der Waals surface area contributed by atoms with Gasteiger partial charge < -0.3 is 15.4 Å². The van der Waals surface area contributed by atoms with Crippen LogP contribution in [0.25, 0.3) is 0 Å². The topological polar surface area (TPSA) is 36.5 Å². The van der Waals surface area contributed by atoms with Crippen molar-refractivity contribution in [3.8, 4) is 5.75 Å². The predicted octanol–water partition coefficient (Wildman–Crippen LogP) is 4.52. The van der Waals surface area contributed by atoms with E-state index in [1.54, 1.807) is 7.11 Å². The lowest BCUT2D eigenvalue weighted by Crippen LogP contribution is -2.41. The Morgan fingerprint density at radius 2 is 1.78 bits per heavy atom. The number of likely N-dealkylation sites (tertiary alicyclic amines) is 1. The number of benzene rings is 2. The highest BCUT2D eigenvalue weighted by atomic mass is 32.1. The molecule has 4 nitrogen and oxygen atoms in total. The molecule has 0 unspecified atom stereocenters. The molecule has 0 spiro atoms. The fourth-order valence-electron chi connectivity index (χ4n) is 3.58. The van der Waals surface area contributed by atoms with Gasteiger partial charge in [-0.25, -0.2) is 0 Å². The Morgan fingerprint density at radius 3 is 2.44 bits per heavy atom. The highest BCUT2D eigenvalue weighted by Gasteiger charge is 2.22. The van der Waals surface area contributed by atoms with Gasteiger partial charge >= 0.3 is 0 Å². The summed E-state index contributed by atoms with van der Waals surface area (Å²) in [6, 6.07) is 16.9. The van der Waals surface area contributed by atoms with Gasteiger partial charge in [0.15, 0.2) is 5.11 Å². The number of nitrogens with one attached hydrogen (secondary N) is 2. The van der Waals surface area contributed by atoms with E-state index in [1.807, 2.05) is 24.3 Å². The molecule has 5 heteroatoms. The molecule has 1 fully saturated rings. The average Bonchev–Trinajstić information content (AvgIpc) is 2.71. The molecule has 0 aromatic heterocycles. The van der Waals surface area contributed by atoms with E-state index in [0.29, 0.717) is 11.2 Å². The predicted molar refractivity (Wildman–Crippen MR) is 117 cm³/mol. The second-order valence-electron chi connectivity index (χ2n) is 7.04. The Bertz CT molecular complexity index is 741. The van der Waals surface area contributed by atoms with Crippen molar-refractivity contribution in [3.05, 3.63) is 59.7 Å². The highest BCUT2D eigenvalue weighted by molar-refractivity contribution is 7.80. The molecule has 0 radical (unpaired) electrons. The zero-order valence-corrected chi connectivity index (χ0v) is 17.0. The van der Waals surface area contributed by atoms with E-state index in [4.69, 9.17) is 17.0 Å². The van der Waals surface area contributed by atoms with Crippen LogP contribution in [-0.2, 0) is 0 Å². The molecular formula is C22H29N3OS. The number of anilines is 1. The van der Waals surface area contributed by atoms with Gasteiger partial charge in [-0.15, -0.1) is 0 Å². The second kappa shape index (κ2) is 9.72. The van der Waals surface area contributed by atoms with E-state index in [-0.39, 0.29) is 0 Å². The van der Waals surface area contributed by atoms with Gasteiger partial charge in [0.05, 0.1) is 13.2 Å². The van der Waals surface area contributed by atoms with E-state index in [0.717, 1.165) is 31.1 Å². The number of aryl methyl sites for hydroxylation is 1. The van der Waals surface area contributed by atoms with Crippen molar-refractivity contribution in [3.63, 3.8) is 0 Å². The molecule has 1 atom stereocenters. The zero-order valence-electron chi connectivity index (χ0n) is 16.2. The van der Waals surface area contributed by atoms with Crippen molar-refractivity contribution in [1.29, 1.82) is 0 Å². The van der Waals surface area contributed by atoms with Gasteiger partial charge in [-0.1, -0.05) is 36.8 Å². The van der Waals surface area contributed by atoms with E-state index < -0.39 is 0 Å². The van der Waals surface area contributed by atoms with Gasteiger partial charge in [-0.05, 0) is 74.4 Å². The number of piperidine rings is 1. The molecule has 0 bridgehead atoms. The van der Waals surface area contributed by atoms with Crippen LogP contribution in [0.3, 0.4) is 0 Å². The Hall–Kier alpha value is -2.11. The molecule has 2 aromatic carbocycles. The quantitative estimate of drug-likeness (QED) is 0.718. The normalized spacial score (nSPS) is 15.8. The minimum Gasteiger partial charge on any atom is -0.497 e. The highest BCUT2D eigenvalue weighted by Crippen LogP contribution is 2.26. The molecule has 1 saturated heterocycles. The molecule has 2 aromatic rings. The van der Waals surface area contributed by atoms with Crippen molar-refractivity contribution in [2.45, 2.75) is 32.2 Å². The third-order valence-corrected chi connectivity index (χ3v) is 5.43. The molecule has 3 rings (SSSR count). The summed E-state index contributed by atoms with van der Waals surface area (Å²) < 4.78 is 5.31. The maximum atomic E-state index is 5.54. The number of nitrogens with zero attached hydrogens (tertiary/aromatic N) is 1. The third kappa shape index (κ3) is 5.44. The van der Waals surface area contributed by atoms with Gasteiger partial charge in [0.2, 0.25) is 0 Å². The fourth-order valence-corrected chi connectivity index (χ4v) is 3.78. The summed E-state index contributed by atoms with van der Waals surface area (Å²) in [7, 11) is 1.70. The summed E-state index contributed by atoms with van der Waals surface area (Å²) in [5.41, 5.74) is 3.53. The summed E-state index contributed by atoms with van der Waals surface area (Å²) in [5, 5.41) is 7.42. The molecular weight excluding hydrogens is 354 g/mol. The minimum atomic E-state index is 0.299. The first-order valence-corrected chi connectivity index (χ1v) is 10.1. The Kier molecular flexibility index (Phi) is 7.07. The summed E-state index contributed by atoms with van der Waals surface area (Å²) in [6.07, 6.45) is 3.85. The number of thiocarbonyl (C=S) groups is 1. The van der Waals surface area contributed by atoms with Crippen molar-refractivity contribution in [1.82, 2.24) is 10.2 Å². The average molecular weight is 384 g/mol. The number of hydrogen-bond acceptors (Lipinski definition) is 3. The first-order valence-electron chi connectivity index (χ1n) is 9.66. The van der Waals surface area contributed by atoms with Crippen molar-refractivity contribution in [2.75, 3.05) is 32.1 Å². The van der Waals surface area contributed by atoms with Crippen molar-refractivity contribution < 1.29 is 4.74 Å². The lowest BCUT2D eigenvalue weighted by atomic mass is 10.0. The largest absolute Gasteiger partial charge is 0.497 e. The minimum absolute atomic E-state index is 0.299. The van der Waals surface area contributed by atoms with Crippen LogP contribution in [0.4, 0.5) is 5.69 Å². The van der Waals surface area contributed by atoms with Gasteiger partial charge in [0.25, 0.3) is 0 Å². The molecule has 1 heterocycles. The van der Waals surface area contributed by atoms with Gasteiger partial charge in [-0.2, -0.15) is 0 Å². The van der Waals surface area contributed by atoms with Crippen LogP contribution in [0.15, 0.2) is 48.5 Å². The first-order chi connectivity index (χ1) is 13.2. The number of methoxy groups -OCH3 is 1. The fraction of sp³-hybridized carbons (Fsp3) is 0.409. The SMILES string of the molecule is COc1ccc([C@@H](CNC(=S)Nc2ccccc2C)N2CCCCC2)cc1. The molecule has 0 saturated carbocycles. The summed E-state index contributed by atoms with van der Waals surface area (Å²) in [6.45, 7) is 5.13. The molecule has 0 aliphatic carbocycles. The van der Waals surface area contributed by atoms with Crippen molar-refractivity contribution >= 4 is 23.0 Å². The van der Waals surface area contributed by atoms with Crippen LogP contribution in [0.1, 0.15) is 36.4 Å². The number of ether oxygens (including phenoxy) is 1. The maximum Gasteiger partial charge on any atom is 0.170 e. The van der Waals surface area contributed by atoms with Crippen LogP contribution in [0, 0.1) is 6.92 Å². The first kappa shape index (κ1) is 19.6. The third-order valence-electron chi connectivity index (χ3n) is 5.18. The molecule has 2 N–H and O–H groups in total. The van der Waals surface area contributed by atoms with E-state index in [1.165, 1.54) is 30.4 Å².